The molecule has 10 heteroatoms. The summed E-state index contributed by atoms with van der Waals surface area (Å²) in [5.74, 6) is -0.865. The number of benzene rings is 1. The first-order chi connectivity index (χ1) is 11.6. The summed E-state index contributed by atoms with van der Waals surface area (Å²) in [4.78, 5) is 45.2. The van der Waals surface area contributed by atoms with Gasteiger partial charge in [-0.25, -0.2) is 4.79 Å². The summed E-state index contributed by atoms with van der Waals surface area (Å²) in [7, 11) is 1.28. The Balaban J connectivity index is 0.00000169. The molecule has 0 aliphatic rings. The number of aromatic nitrogens is 3. The maximum atomic E-state index is 12.3. The standard InChI is InChI=1S/C16H11N4O4.K.H2O/c1-24-16(23)10-4-2-9(3-5-10)15(22)20-11-6-17-14-12(7-21)18-8-19-13(11)14;;/h2-6,8,17H,1H3,(H,20,22);;1H2/q-1;+1;/p-1. The van der Waals surface area contributed by atoms with Gasteiger partial charge in [-0.1, -0.05) is 5.52 Å². The number of nitrogens with zero attached hydrogens (tertiary/aromatic N) is 2. The molecule has 0 fully saturated rings. The Bertz CT molecular complexity index is 939. The van der Waals surface area contributed by atoms with E-state index < -0.39 is 5.97 Å². The zero-order chi connectivity index (χ0) is 17.1. The van der Waals surface area contributed by atoms with Crippen LogP contribution in [0.5, 0.6) is 0 Å². The van der Waals surface area contributed by atoms with Gasteiger partial charge in [0.15, 0.2) is 0 Å². The normalized spacial score (nSPS) is 9.58. The minimum absolute atomic E-state index is 0. The topological polar surface area (TPSA) is 144 Å². The number of esters is 1. The van der Waals surface area contributed by atoms with E-state index in [4.69, 9.17) is 0 Å². The van der Waals surface area contributed by atoms with Gasteiger partial charge in [0.1, 0.15) is 6.33 Å². The van der Waals surface area contributed by atoms with Gasteiger partial charge in [0.25, 0.3) is 5.91 Å². The molecular formula is C16H12KN4O5-. The number of ether oxygens (including phenoxy) is 1. The Morgan fingerprint density at radius 3 is 2.42 bits per heavy atom. The van der Waals surface area contributed by atoms with Crippen LogP contribution in [-0.4, -0.2) is 45.7 Å². The molecule has 1 aromatic carbocycles. The minimum Gasteiger partial charge on any atom is -0.870 e. The van der Waals surface area contributed by atoms with Gasteiger partial charge < -0.3 is 25.3 Å². The van der Waals surface area contributed by atoms with E-state index in [0.717, 1.165) is 0 Å². The van der Waals surface area contributed by atoms with Crippen LogP contribution < -0.4 is 56.7 Å². The van der Waals surface area contributed by atoms with E-state index in [1.54, 1.807) is 6.29 Å². The summed E-state index contributed by atoms with van der Waals surface area (Å²) in [6.45, 7) is 0. The number of carbonyl (C=O) groups excluding carboxylic acids is 3. The number of rotatable bonds is 4. The quantitative estimate of drug-likeness (QED) is 0.312. The number of hydrogen-bond acceptors (Lipinski definition) is 7. The average molecular weight is 379 g/mol. The molecule has 2 aromatic heterocycles. The molecule has 0 saturated carbocycles. The third-order valence-electron chi connectivity index (χ3n) is 3.38. The van der Waals surface area contributed by atoms with Crippen molar-refractivity contribution in [2.45, 2.75) is 0 Å². The molecule has 3 aromatic rings. The van der Waals surface area contributed by atoms with Crippen LogP contribution in [0.4, 0.5) is 5.69 Å². The third-order valence-corrected chi connectivity index (χ3v) is 3.38. The molecule has 1 amide bonds. The smallest absolute Gasteiger partial charge is 0.870 e. The molecule has 0 aliphatic carbocycles. The van der Waals surface area contributed by atoms with Gasteiger partial charge in [0, 0.05) is 23.6 Å². The molecule has 0 saturated heterocycles. The summed E-state index contributed by atoms with van der Waals surface area (Å²) >= 11 is 0. The third kappa shape index (κ3) is 4.41. The van der Waals surface area contributed by atoms with E-state index in [0.29, 0.717) is 27.8 Å². The molecule has 0 spiro atoms. The van der Waals surface area contributed by atoms with Crippen LogP contribution in [0.1, 0.15) is 26.4 Å². The van der Waals surface area contributed by atoms with Crippen LogP contribution in [0.15, 0.2) is 36.8 Å². The van der Waals surface area contributed by atoms with Crippen molar-refractivity contribution in [2.24, 2.45) is 0 Å². The Labute approximate surface area is 190 Å². The predicted octanol–water partition coefficient (Wildman–Crippen LogP) is -1.72. The number of aromatic amines is 1. The van der Waals surface area contributed by atoms with Gasteiger partial charge >= 0.3 is 57.4 Å². The largest absolute Gasteiger partial charge is 1.00 e. The van der Waals surface area contributed by atoms with Crippen molar-refractivity contribution in [1.82, 2.24) is 15.0 Å². The van der Waals surface area contributed by atoms with Crippen LogP contribution in [0.25, 0.3) is 11.0 Å². The van der Waals surface area contributed by atoms with E-state index in [-0.39, 0.29) is 68.5 Å². The first-order valence-corrected chi connectivity index (χ1v) is 6.84. The number of anilines is 1. The number of methoxy groups -OCH3 is 1. The van der Waals surface area contributed by atoms with Gasteiger partial charge in [-0.3, -0.25) is 14.8 Å². The van der Waals surface area contributed by atoms with Crippen molar-refractivity contribution in [1.29, 1.82) is 0 Å². The fourth-order valence-corrected chi connectivity index (χ4v) is 2.18. The van der Waals surface area contributed by atoms with E-state index in [2.05, 4.69) is 25.0 Å². The van der Waals surface area contributed by atoms with Crippen molar-refractivity contribution >= 4 is 34.9 Å². The van der Waals surface area contributed by atoms with Crippen molar-refractivity contribution < 1.29 is 76.0 Å². The van der Waals surface area contributed by atoms with E-state index in [1.165, 1.54) is 43.9 Å². The molecule has 0 bridgehead atoms. The fraction of sp³-hybridized carbons (Fsp3) is 0.0625. The Kier molecular flexibility index (Phi) is 8.21. The Morgan fingerprint density at radius 2 is 1.81 bits per heavy atom. The first-order valence-electron chi connectivity index (χ1n) is 6.84. The molecule has 26 heavy (non-hydrogen) atoms. The van der Waals surface area contributed by atoms with E-state index in [9.17, 15) is 14.4 Å². The van der Waals surface area contributed by atoms with Crippen LogP contribution in [0.3, 0.4) is 0 Å². The second kappa shape index (κ2) is 9.66. The van der Waals surface area contributed by atoms with Crippen molar-refractivity contribution in [3.05, 3.63) is 53.6 Å². The second-order valence-corrected chi connectivity index (χ2v) is 4.77. The number of hydrogen-bond donors (Lipinski definition) is 2. The van der Waals surface area contributed by atoms with Crippen LogP contribution in [0, 0.1) is 0 Å². The maximum Gasteiger partial charge on any atom is 1.00 e. The summed E-state index contributed by atoms with van der Waals surface area (Å²) in [6.07, 6.45) is 4.44. The van der Waals surface area contributed by atoms with E-state index in [1.807, 2.05) is 0 Å². The summed E-state index contributed by atoms with van der Waals surface area (Å²) in [6, 6.07) is 6.02. The molecule has 9 nitrogen and oxygen atoms in total. The van der Waals surface area contributed by atoms with Gasteiger partial charge in [-0.05, 0) is 30.0 Å². The molecule has 0 atom stereocenters. The monoisotopic (exact) mass is 379 g/mol. The number of fused-ring (bicyclic) bond motifs is 1. The van der Waals surface area contributed by atoms with Gasteiger partial charge in [-0.2, -0.15) is 0 Å². The van der Waals surface area contributed by atoms with Crippen molar-refractivity contribution in [2.75, 3.05) is 12.4 Å². The number of nitrogens with one attached hydrogen (secondary N) is 2. The number of carbonyl (C=O) groups is 2. The summed E-state index contributed by atoms with van der Waals surface area (Å²) in [5.41, 5.74) is 1.99. The van der Waals surface area contributed by atoms with Gasteiger partial charge in [-0.15, -0.1) is 0 Å². The molecule has 128 valence electrons. The molecule has 3 rings (SSSR count). The second-order valence-electron chi connectivity index (χ2n) is 4.77. The maximum absolute atomic E-state index is 12.3. The van der Waals surface area contributed by atoms with Crippen LogP contribution in [-0.2, 0) is 9.53 Å². The van der Waals surface area contributed by atoms with Crippen molar-refractivity contribution in [3.8, 4) is 0 Å². The molecule has 0 unspecified atom stereocenters. The predicted molar refractivity (Wildman–Crippen MR) is 86.4 cm³/mol. The first kappa shape index (κ1) is 22.1. The molecule has 0 aliphatic heterocycles. The molecule has 3 N–H and O–H groups in total. The Hall–Kier alpha value is -1.95. The fourth-order valence-electron chi connectivity index (χ4n) is 2.18. The molecule has 2 heterocycles. The number of H-pyrrole nitrogens is 1. The number of amides is 1. The van der Waals surface area contributed by atoms with Crippen LogP contribution in [0.2, 0.25) is 0 Å². The van der Waals surface area contributed by atoms with Crippen molar-refractivity contribution in [3.63, 3.8) is 0 Å². The Morgan fingerprint density at radius 1 is 1.15 bits per heavy atom. The van der Waals surface area contributed by atoms with Gasteiger partial charge in [0.2, 0.25) is 0 Å². The average Bonchev–Trinajstić information content (AvgIpc) is 3.04. The minimum atomic E-state index is -0.479. The molecule has 0 radical (unpaired) electrons. The van der Waals surface area contributed by atoms with Crippen LogP contribution >= 0.6 is 0 Å². The van der Waals surface area contributed by atoms with E-state index >= 15 is 0 Å². The zero-order valence-corrected chi connectivity index (χ0v) is 17.1. The summed E-state index contributed by atoms with van der Waals surface area (Å²) < 4.78 is 4.60. The zero-order valence-electron chi connectivity index (χ0n) is 13.9. The SMILES string of the molecule is COC(=O)c1ccc(C(=O)Nc2c[nH]c3c([C-]=O)ncnc23)cc1.[K+].[OH-]. The van der Waals surface area contributed by atoms with Gasteiger partial charge in [0.05, 0.1) is 18.4 Å². The molecular weight excluding hydrogens is 367 g/mol. The summed E-state index contributed by atoms with van der Waals surface area (Å²) in [5, 5.41) is 2.69.